The molecule has 2 fully saturated rings. The zero-order chi connectivity index (χ0) is 23.6. The van der Waals surface area contributed by atoms with Crippen LogP contribution in [0.2, 0.25) is 0 Å². The van der Waals surface area contributed by atoms with Gasteiger partial charge >= 0.3 is 0 Å². The van der Waals surface area contributed by atoms with Crippen LogP contribution >= 0.6 is 0 Å². The molecule has 0 saturated heterocycles. The summed E-state index contributed by atoms with van der Waals surface area (Å²) in [5.41, 5.74) is 1.99. The highest BCUT2D eigenvalue weighted by Crippen LogP contribution is 2.42. The molecule has 0 spiro atoms. The molecule has 0 unspecified atom stereocenters. The van der Waals surface area contributed by atoms with E-state index in [0.29, 0.717) is 25.0 Å². The van der Waals surface area contributed by atoms with Crippen LogP contribution in [0.3, 0.4) is 0 Å². The average molecular weight is 461 g/mol. The van der Waals surface area contributed by atoms with E-state index >= 15 is 0 Å². The molecular weight excluding hydrogens is 420 g/mol. The number of para-hydroxylation sites is 2. The topological polar surface area (TPSA) is 43.2 Å². The number of ether oxygens (including phenoxy) is 2. The number of aliphatic imine (C=N–C) groups is 2. The molecule has 2 saturated carbocycles. The average Bonchev–Trinajstić information content (AvgIpc) is 2.90. The van der Waals surface area contributed by atoms with Crippen molar-refractivity contribution in [3.8, 4) is 0 Å². The maximum Gasteiger partial charge on any atom is 0.191 e. The minimum absolute atomic E-state index is 0.454. The van der Waals surface area contributed by atoms with Gasteiger partial charge in [-0.15, -0.1) is 0 Å². The molecule has 2 aliphatic carbocycles. The third kappa shape index (κ3) is 6.71. The Morgan fingerprint density at radius 3 is 1.26 bits per heavy atom. The number of rotatable bonds is 7. The van der Waals surface area contributed by atoms with Crippen LogP contribution in [0.25, 0.3) is 0 Å². The van der Waals surface area contributed by atoms with Crippen LogP contribution in [0.1, 0.15) is 65.2 Å². The highest BCUT2D eigenvalue weighted by Gasteiger charge is 2.34. The van der Waals surface area contributed by atoms with Crippen molar-refractivity contribution in [3.63, 3.8) is 0 Å². The van der Waals surface area contributed by atoms with Gasteiger partial charge in [-0.2, -0.15) is 0 Å². The van der Waals surface area contributed by atoms with Gasteiger partial charge in [0.15, 0.2) is 11.8 Å². The van der Waals surface area contributed by atoms with Crippen LogP contribution in [0.5, 0.6) is 0 Å². The van der Waals surface area contributed by atoms with Crippen LogP contribution < -0.4 is 0 Å². The third-order valence-corrected chi connectivity index (χ3v) is 7.48. The SMILES string of the molecule is CCO/C(=N\c1ccccc1)C1CCC(C2CCC(/C(=N/c3ccccc3)OCC)CC2)CC1. The maximum absolute atomic E-state index is 6.00. The fourth-order valence-corrected chi connectivity index (χ4v) is 5.71. The summed E-state index contributed by atoms with van der Waals surface area (Å²) >= 11 is 0. The van der Waals surface area contributed by atoms with Crippen LogP contribution in [-0.4, -0.2) is 25.0 Å². The second-order valence-corrected chi connectivity index (χ2v) is 9.66. The van der Waals surface area contributed by atoms with E-state index in [1.54, 1.807) is 0 Å². The lowest BCUT2D eigenvalue weighted by Crippen LogP contribution is -2.31. The van der Waals surface area contributed by atoms with Gasteiger partial charge in [0.2, 0.25) is 0 Å². The fourth-order valence-electron chi connectivity index (χ4n) is 5.71. The summed E-state index contributed by atoms with van der Waals surface area (Å²) in [5.74, 6) is 4.45. The Hall–Kier alpha value is -2.62. The predicted octanol–water partition coefficient (Wildman–Crippen LogP) is 8.13. The minimum atomic E-state index is 0.454. The lowest BCUT2D eigenvalue weighted by molar-refractivity contribution is 0.157. The van der Waals surface area contributed by atoms with E-state index in [1.165, 1.54) is 51.4 Å². The first-order valence-corrected chi connectivity index (χ1v) is 13.3. The first kappa shape index (κ1) is 24.5. The van der Waals surface area contributed by atoms with E-state index in [2.05, 4.69) is 38.1 Å². The maximum atomic E-state index is 6.00. The Bertz CT molecular complexity index is 832. The Kier molecular flexibility index (Phi) is 9.18. The minimum Gasteiger partial charge on any atom is -0.481 e. The molecule has 0 radical (unpaired) electrons. The molecule has 4 heteroatoms. The molecule has 0 amide bonds. The quantitative estimate of drug-likeness (QED) is 0.309. The molecule has 2 aromatic carbocycles. The Labute approximate surface area is 205 Å². The van der Waals surface area contributed by atoms with Crippen molar-refractivity contribution in [2.45, 2.75) is 65.2 Å². The molecule has 0 aromatic heterocycles. The monoisotopic (exact) mass is 460 g/mol. The van der Waals surface area contributed by atoms with Crippen LogP contribution in [-0.2, 0) is 9.47 Å². The third-order valence-electron chi connectivity index (χ3n) is 7.48. The standard InChI is InChI=1S/C30H40N2O2/c1-3-33-29(31-27-11-7-5-8-12-27)25-19-15-23(16-20-25)24-17-21-26(22-18-24)30(34-4-2)32-28-13-9-6-10-14-28/h5-14,23-26H,3-4,15-22H2,1-2H3/b31-29-,32-30-. The van der Waals surface area contributed by atoms with Crippen LogP contribution in [0.15, 0.2) is 70.6 Å². The molecule has 182 valence electrons. The highest BCUT2D eigenvalue weighted by atomic mass is 16.5. The predicted molar refractivity (Wildman–Crippen MR) is 141 cm³/mol. The molecule has 2 aromatic rings. The van der Waals surface area contributed by atoms with Crippen molar-refractivity contribution >= 4 is 23.2 Å². The Balaban J connectivity index is 1.31. The van der Waals surface area contributed by atoms with E-state index < -0.39 is 0 Å². The van der Waals surface area contributed by atoms with Gasteiger partial charge in [-0.1, -0.05) is 36.4 Å². The summed E-state index contributed by atoms with van der Waals surface area (Å²) in [6.07, 6.45) is 9.92. The molecule has 4 rings (SSSR count). The lowest BCUT2D eigenvalue weighted by atomic mass is 9.69. The summed E-state index contributed by atoms with van der Waals surface area (Å²) in [5, 5.41) is 0. The van der Waals surface area contributed by atoms with Crippen molar-refractivity contribution in [3.05, 3.63) is 60.7 Å². The van der Waals surface area contributed by atoms with Gasteiger partial charge < -0.3 is 9.47 Å². The zero-order valence-electron chi connectivity index (χ0n) is 20.9. The smallest absolute Gasteiger partial charge is 0.191 e. The molecule has 4 nitrogen and oxygen atoms in total. The van der Waals surface area contributed by atoms with Gasteiger partial charge in [-0.05, 0) is 101 Å². The van der Waals surface area contributed by atoms with Gasteiger partial charge in [0.1, 0.15) is 0 Å². The second-order valence-electron chi connectivity index (χ2n) is 9.66. The van der Waals surface area contributed by atoms with Crippen LogP contribution in [0, 0.1) is 23.7 Å². The number of hydrogen-bond donors (Lipinski definition) is 0. The largest absolute Gasteiger partial charge is 0.481 e. The van der Waals surface area contributed by atoms with Crippen molar-refractivity contribution in [1.82, 2.24) is 0 Å². The van der Waals surface area contributed by atoms with Gasteiger partial charge in [-0.25, -0.2) is 9.98 Å². The summed E-state index contributed by atoms with van der Waals surface area (Å²) < 4.78 is 12.0. The van der Waals surface area contributed by atoms with E-state index in [0.717, 1.165) is 35.0 Å². The van der Waals surface area contributed by atoms with E-state index in [-0.39, 0.29) is 0 Å². The molecule has 0 aliphatic heterocycles. The normalized spacial score (nSPS) is 26.2. The fraction of sp³-hybridized carbons (Fsp3) is 0.533. The van der Waals surface area contributed by atoms with Crippen molar-refractivity contribution < 1.29 is 9.47 Å². The molecule has 2 aliphatic rings. The number of nitrogens with zero attached hydrogens (tertiary/aromatic N) is 2. The molecule has 34 heavy (non-hydrogen) atoms. The molecule has 0 heterocycles. The second kappa shape index (κ2) is 12.7. The summed E-state index contributed by atoms with van der Waals surface area (Å²) in [6, 6.07) is 20.4. The summed E-state index contributed by atoms with van der Waals surface area (Å²) in [4.78, 5) is 9.72. The van der Waals surface area contributed by atoms with Crippen molar-refractivity contribution in [2.24, 2.45) is 33.7 Å². The Morgan fingerprint density at radius 1 is 0.588 bits per heavy atom. The summed E-state index contributed by atoms with van der Waals surface area (Å²) in [7, 11) is 0. The zero-order valence-corrected chi connectivity index (χ0v) is 20.9. The van der Waals surface area contributed by atoms with Crippen molar-refractivity contribution in [2.75, 3.05) is 13.2 Å². The van der Waals surface area contributed by atoms with E-state index in [9.17, 15) is 0 Å². The van der Waals surface area contributed by atoms with Crippen molar-refractivity contribution in [1.29, 1.82) is 0 Å². The molecule has 0 atom stereocenters. The van der Waals surface area contributed by atoms with E-state index in [4.69, 9.17) is 19.5 Å². The van der Waals surface area contributed by atoms with E-state index in [1.807, 2.05) is 36.4 Å². The molecule has 0 bridgehead atoms. The molecule has 0 N–H and O–H groups in total. The van der Waals surface area contributed by atoms with Gasteiger partial charge in [0.25, 0.3) is 0 Å². The number of hydrogen-bond acceptors (Lipinski definition) is 4. The summed E-state index contributed by atoms with van der Waals surface area (Å²) in [6.45, 7) is 5.48. The first-order chi connectivity index (χ1) is 16.8. The first-order valence-electron chi connectivity index (χ1n) is 13.3. The van der Waals surface area contributed by atoms with Gasteiger partial charge in [-0.3, -0.25) is 0 Å². The number of benzene rings is 2. The van der Waals surface area contributed by atoms with Gasteiger partial charge in [0, 0.05) is 11.8 Å². The highest BCUT2D eigenvalue weighted by molar-refractivity contribution is 5.82. The van der Waals surface area contributed by atoms with Crippen LogP contribution in [0.4, 0.5) is 11.4 Å². The van der Waals surface area contributed by atoms with Gasteiger partial charge in [0.05, 0.1) is 24.6 Å². The Morgan fingerprint density at radius 2 is 0.941 bits per heavy atom. The lowest BCUT2D eigenvalue weighted by Gasteiger charge is -2.38. The molecular formula is C30H40N2O2.